The number of imidazole rings is 1. The summed E-state index contributed by atoms with van der Waals surface area (Å²) in [5, 5.41) is 3.16. The molecule has 0 aliphatic rings. The summed E-state index contributed by atoms with van der Waals surface area (Å²) in [5.41, 5.74) is 4.37. The van der Waals surface area contributed by atoms with Gasteiger partial charge in [-0.15, -0.1) is 0 Å². The Hall–Kier alpha value is -2.36. The normalized spacial score (nSPS) is 11.0. The minimum atomic E-state index is 0.755. The SMILES string of the molecule is CCCc1nc2ccccc2n1Cc1cc(NC)ccn1. The third-order valence-electron chi connectivity index (χ3n) is 3.63. The molecule has 0 fully saturated rings. The molecule has 0 aliphatic heterocycles. The summed E-state index contributed by atoms with van der Waals surface area (Å²) >= 11 is 0. The Bertz CT molecular complexity index is 745. The molecule has 21 heavy (non-hydrogen) atoms. The lowest BCUT2D eigenvalue weighted by Crippen LogP contribution is -2.07. The van der Waals surface area contributed by atoms with Crippen LogP contribution in [-0.2, 0) is 13.0 Å². The van der Waals surface area contributed by atoms with Crippen LogP contribution in [0, 0.1) is 0 Å². The zero-order valence-electron chi connectivity index (χ0n) is 12.5. The first kappa shape index (κ1) is 13.6. The lowest BCUT2D eigenvalue weighted by Gasteiger charge is -2.09. The van der Waals surface area contributed by atoms with Gasteiger partial charge in [-0.25, -0.2) is 4.98 Å². The van der Waals surface area contributed by atoms with Crippen molar-refractivity contribution in [2.24, 2.45) is 0 Å². The highest BCUT2D eigenvalue weighted by atomic mass is 15.1. The fourth-order valence-corrected chi connectivity index (χ4v) is 2.60. The van der Waals surface area contributed by atoms with E-state index in [0.29, 0.717) is 0 Å². The number of rotatable bonds is 5. The molecule has 0 atom stereocenters. The number of nitrogens with zero attached hydrogens (tertiary/aromatic N) is 3. The van der Waals surface area contributed by atoms with Crippen molar-refractivity contribution in [3.63, 3.8) is 0 Å². The number of hydrogen-bond donors (Lipinski definition) is 1. The molecule has 108 valence electrons. The van der Waals surface area contributed by atoms with E-state index in [1.165, 1.54) is 5.52 Å². The predicted molar refractivity (Wildman–Crippen MR) is 86.6 cm³/mol. The van der Waals surface area contributed by atoms with Crippen LogP contribution in [0.2, 0.25) is 0 Å². The monoisotopic (exact) mass is 280 g/mol. The Labute approximate surface area is 124 Å². The molecule has 4 nitrogen and oxygen atoms in total. The van der Waals surface area contributed by atoms with Gasteiger partial charge in [0.25, 0.3) is 0 Å². The minimum absolute atomic E-state index is 0.755. The van der Waals surface area contributed by atoms with Gasteiger partial charge >= 0.3 is 0 Å². The average Bonchev–Trinajstić information content (AvgIpc) is 2.86. The smallest absolute Gasteiger partial charge is 0.110 e. The number of fused-ring (bicyclic) bond motifs is 1. The Morgan fingerprint density at radius 3 is 2.86 bits per heavy atom. The maximum atomic E-state index is 4.76. The van der Waals surface area contributed by atoms with Crippen molar-refractivity contribution in [2.75, 3.05) is 12.4 Å². The quantitative estimate of drug-likeness (QED) is 0.778. The van der Waals surface area contributed by atoms with E-state index in [9.17, 15) is 0 Å². The summed E-state index contributed by atoms with van der Waals surface area (Å²) in [7, 11) is 1.92. The first-order chi connectivity index (χ1) is 10.3. The van der Waals surface area contributed by atoms with Crippen LogP contribution >= 0.6 is 0 Å². The number of pyridine rings is 1. The second-order valence-corrected chi connectivity index (χ2v) is 5.14. The molecule has 0 saturated heterocycles. The van der Waals surface area contributed by atoms with E-state index >= 15 is 0 Å². The molecule has 3 rings (SSSR count). The standard InChI is InChI=1S/C17H20N4/c1-3-6-17-20-15-7-4-5-8-16(15)21(17)12-14-11-13(18-2)9-10-19-14/h4-5,7-11H,3,6,12H2,1-2H3,(H,18,19). The maximum absolute atomic E-state index is 4.76. The van der Waals surface area contributed by atoms with Crippen molar-refractivity contribution in [1.82, 2.24) is 14.5 Å². The zero-order chi connectivity index (χ0) is 14.7. The lowest BCUT2D eigenvalue weighted by molar-refractivity contribution is 0.710. The maximum Gasteiger partial charge on any atom is 0.110 e. The molecule has 0 amide bonds. The van der Waals surface area contributed by atoms with Crippen LogP contribution in [0.5, 0.6) is 0 Å². The molecule has 0 saturated carbocycles. The summed E-state index contributed by atoms with van der Waals surface area (Å²) in [4.78, 5) is 9.24. The van der Waals surface area contributed by atoms with E-state index in [1.54, 1.807) is 0 Å². The highest BCUT2D eigenvalue weighted by molar-refractivity contribution is 5.76. The molecule has 0 radical (unpaired) electrons. The van der Waals surface area contributed by atoms with Crippen LogP contribution in [-0.4, -0.2) is 21.6 Å². The zero-order valence-corrected chi connectivity index (χ0v) is 12.5. The Morgan fingerprint density at radius 2 is 2.05 bits per heavy atom. The van der Waals surface area contributed by atoms with Gasteiger partial charge in [0.05, 0.1) is 23.3 Å². The van der Waals surface area contributed by atoms with Crippen molar-refractivity contribution in [3.8, 4) is 0 Å². The summed E-state index contributed by atoms with van der Waals surface area (Å²) in [6.07, 6.45) is 3.92. The second-order valence-electron chi connectivity index (χ2n) is 5.14. The first-order valence-electron chi connectivity index (χ1n) is 7.38. The van der Waals surface area contributed by atoms with Crippen molar-refractivity contribution in [1.29, 1.82) is 0 Å². The molecule has 1 N–H and O–H groups in total. The molecule has 0 aliphatic carbocycles. The summed E-state index contributed by atoms with van der Waals surface area (Å²) in [6.45, 7) is 2.94. The van der Waals surface area contributed by atoms with Crippen LogP contribution in [0.15, 0.2) is 42.6 Å². The number of hydrogen-bond acceptors (Lipinski definition) is 3. The van der Waals surface area contributed by atoms with Gasteiger partial charge in [-0.05, 0) is 30.7 Å². The molecule has 0 unspecified atom stereocenters. The second kappa shape index (κ2) is 5.95. The molecule has 3 aromatic rings. The van der Waals surface area contributed by atoms with Gasteiger partial charge in [0, 0.05) is 25.4 Å². The minimum Gasteiger partial charge on any atom is -0.388 e. The average molecular weight is 280 g/mol. The molecule has 0 bridgehead atoms. The number of nitrogens with one attached hydrogen (secondary N) is 1. The third-order valence-corrected chi connectivity index (χ3v) is 3.63. The highest BCUT2D eigenvalue weighted by Gasteiger charge is 2.10. The van der Waals surface area contributed by atoms with Crippen molar-refractivity contribution < 1.29 is 0 Å². The fraction of sp³-hybridized carbons (Fsp3) is 0.294. The fourth-order valence-electron chi connectivity index (χ4n) is 2.60. The van der Waals surface area contributed by atoms with Crippen molar-refractivity contribution >= 4 is 16.7 Å². The lowest BCUT2D eigenvalue weighted by atomic mass is 10.2. The van der Waals surface area contributed by atoms with Crippen molar-refractivity contribution in [3.05, 3.63) is 54.1 Å². The van der Waals surface area contributed by atoms with Crippen LogP contribution < -0.4 is 5.32 Å². The van der Waals surface area contributed by atoms with Gasteiger partial charge in [-0.1, -0.05) is 19.1 Å². The van der Waals surface area contributed by atoms with E-state index < -0.39 is 0 Å². The van der Waals surface area contributed by atoms with E-state index in [1.807, 2.05) is 25.4 Å². The van der Waals surface area contributed by atoms with E-state index in [-0.39, 0.29) is 0 Å². The van der Waals surface area contributed by atoms with Crippen LogP contribution in [0.4, 0.5) is 5.69 Å². The molecule has 2 aromatic heterocycles. The molecule has 2 heterocycles. The Morgan fingerprint density at radius 1 is 1.19 bits per heavy atom. The van der Waals surface area contributed by atoms with Crippen LogP contribution in [0.25, 0.3) is 11.0 Å². The Kier molecular flexibility index (Phi) is 3.86. The number of para-hydroxylation sites is 2. The summed E-state index contributed by atoms with van der Waals surface area (Å²) in [5.74, 6) is 1.13. The van der Waals surface area contributed by atoms with Gasteiger partial charge in [0.2, 0.25) is 0 Å². The topological polar surface area (TPSA) is 42.7 Å². The van der Waals surface area contributed by atoms with Gasteiger partial charge in [-0.3, -0.25) is 4.98 Å². The first-order valence-corrected chi connectivity index (χ1v) is 7.38. The van der Waals surface area contributed by atoms with Gasteiger partial charge in [0.15, 0.2) is 0 Å². The van der Waals surface area contributed by atoms with Crippen LogP contribution in [0.3, 0.4) is 0 Å². The van der Waals surface area contributed by atoms with Gasteiger partial charge in [-0.2, -0.15) is 0 Å². The number of aryl methyl sites for hydroxylation is 1. The van der Waals surface area contributed by atoms with Crippen molar-refractivity contribution in [2.45, 2.75) is 26.3 Å². The molecular formula is C17H20N4. The predicted octanol–water partition coefficient (Wildman–Crippen LogP) is 3.47. The molecular weight excluding hydrogens is 260 g/mol. The summed E-state index contributed by atoms with van der Waals surface area (Å²) in [6, 6.07) is 12.4. The molecule has 4 heteroatoms. The number of anilines is 1. The van der Waals surface area contributed by atoms with Crippen LogP contribution in [0.1, 0.15) is 24.9 Å². The third kappa shape index (κ3) is 2.75. The Balaban J connectivity index is 2.03. The van der Waals surface area contributed by atoms with E-state index in [0.717, 1.165) is 42.1 Å². The van der Waals surface area contributed by atoms with E-state index in [2.05, 4.69) is 46.1 Å². The van der Waals surface area contributed by atoms with Gasteiger partial charge in [0.1, 0.15) is 5.82 Å². The van der Waals surface area contributed by atoms with Gasteiger partial charge < -0.3 is 9.88 Å². The largest absolute Gasteiger partial charge is 0.388 e. The number of aromatic nitrogens is 3. The van der Waals surface area contributed by atoms with E-state index in [4.69, 9.17) is 4.98 Å². The molecule has 1 aromatic carbocycles. The molecule has 0 spiro atoms. The highest BCUT2D eigenvalue weighted by Crippen LogP contribution is 2.19. The number of benzene rings is 1. The summed E-state index contributed by atoms with van der Waals surface area (Å²) < 4.78 is 2.28.